The number of furan rings is 1. The quantitative estimate of drug-likeness (QED) is 0.197. The molecule has 48 heavy (non-hydrogen) atoms. The first-order valence-corrected chi connectivity index (χ1v) is 16.8. The molecule has 228 valence electrons. The molecule has 0 amide bonds. The summed E-state index contributed by atoms with van der Waals surface area (Å²) < 4.78 is 6.68. The van der Waals surface area contributed by atoms with E-state index in [0.717, 1.165) is 39.0 Å². The first-order valence-electron chi connectivity index (χ1n) is 16.8. The number of hydrogen-bond donors (Lipinski definition) is 0. The molecule has 0 bridgehead atoms. The van der Waals surface area contributed by atoms with Crippen LogP contribution in [0.5, 0.6) is 0 Å². The maximum atomic E-state index is 6.68. The van der Waals surface area contributed by atoms with Crippen LogP contribution >= 0.6 is 0 Å². The maximum Gasteiger partial charge on any atom is 0.159 e. The molecule has 0 radical (unpaired) electrons. The zero-order valence-corrected chi connectivity index (χ0v) is 26.9. The lowest BCUT2D eigenvalue weighted by molar-refractivity contribution is 0.563. The zero-order valence-electron chi connectivity index (χ0n) is 26.9. The summed E-state index contributed by atoms with van der Waals surface area (Å²) in [6.07, 6.45) is 0. The normalized spacial score (nSPS) is 14.8. The summed E-state index contributed by atoms with van der Waals surface area (Å²) in [6.45, 7) is 4.75. The van der Waals surface area contributed by atoms with Crippen LogP contribution in [0.15, 0.2) is 168 Å². The third kappa shape index (κ3) is 3.42. The molecule has 2 nitrogen and oxygen atoms in total. The van der Waals surface area contributed by atoms with E-state index >= 15 is 0 Å². The molecule has 0 atom stereocenters. The minimum Gasteiger partial charge on any atom is -0.454 e. The van der Waals surface area contributed by atoms with Gasteiger partial charge in [-0.25, -0.2) is 0 Å². The lowest BCUT2D eigenvalue weighted by Gasteiger charge is -2.46. The molecule has 0 saturated carbocycles. The third-order valence-corrected chi connectivity index (χ3v) is 10.9. The van der Waals surface area contributed by atoms with Crippen molar-refractivity contribution >= 4 is 39.0 Å². The van der Waals surface area contributed by atoms with Gasteiger partial charge < -0.3 is 9.32 Å². The van der Waals surface area contributed by atoms with Crippen LogP contribution in [0.1, 0.15) is 47.2 Å². The summed E-state index contributed by atoms with van der Waals surface area (Å²) >= 11 is 0. The molecule has 10 rings (SSSR count). The lowest BCUT2D eigenvalue weighted by Crippen LogP contribution is -2.40. The Balaban J connectivity index is 1.34. The van der Waals surface area contributed by atoms with Crippen molar-refractivity contribution < 1.29 is 4.42 Å². The van der Waals surface area contributed by atoms with E-state index in [1.54, 1.807) is 0 Å². The van der Waals surface area contributed by atoms with Crippen LogP contribution in [-0.4, -0.2) is 0 Å². The Morgan fingerprint density at radius 2 is 0.979 bits per heavy atom. The molecule has 1 spiro atoms. The molecule has 2 heteroatoms. The van der Waals surface area contributed by atoms with E-state index in [9.17, 15) is 0 Å². The second-order valence-corrected chi connectivity index (χ2v) is 13.6. The molecule has 2 aliphatic rings. The van der Waals surface area contributed by atoms with Gasteiger partial charge in [-0.2, -0.15) is 0 Å². The second-order valence-electron chi connectivity index (χ2n) is 13.6. The van der Waals surface area contributed by atoms with Crippen molar-refractivity contribution in [3.8, 4) is 11.1 Å². The van der Waals surface area contributed by atoms with Gasteiger partial charge in [-0.1, -0.05) is 147 Å². The molecule has 2 aliphatic carbocycles. The van der Waals surface area contributed by atoms with Gasteiger partial charge in [-0.3, -0.25) is 0 Å². The number of fused-ring (bicyclic) bond motifs is 12. The standard InChI is InChI=1S/C46H33NO/c1-45(2)35-22-9-11-24-37(35)46(38-25-12-10-23-36(38)45)34-21-8-6-19-33(34)43-39(46)26-15-27-40(43)47(30-16-4-3-5-17-30)41-28-14-20-32-31-18-7-13-29-42(31)48-44(32)41/h3-29H,1-2H3. The van der Waals surface area contributed by atoms with E-state index in [4.69, 9.17) is 4.42 Å². The van der Waals surface area contributed by atoms with E-state index in [1.165, 1.54) is 44.5 Å². The van der Waals surface area contributed by atoms with E-state index in [-0.39, 0.29) is 5.41 Å². The van der Waals surface area contributed by atoms with Crippen LogP contribution in [0, 0.1) is 0 Å². The molecule has 0 fully saturated rings. The number of anilines is 3. The highest BCUT2D eigenvalue weighted by Crippen LogP contribution is 2.64. The minimum absolute atomic E-state index is 0.138. The van der Waals surface area contributed by atoms with Crippen molar-refractivity contribution in [2.75, 3.05) is 4.90 Å². The molecular formula is C46H33NO. The van der Waals surface area contributed by atoms with Gasteiger partial charge in [0.1, 0.15) is 5.58 Å². The molecule has 7 aromatic carbocycles. The highest BCUT2D eigenvalue weighted by Gasteiger charge is 2.53. The maximum absolute atomic E-state index is 6.68. The van der Waals surface area contributed by atoms with Gasteiger partial charge in [-0.15, -0.1) is 0 Å². The average molecular weight is 616 g/mol. The van der Waals surface area contributed by atoms with Gasteiger partial charge in [0, 0.05) is 27.4 Å². The second kappa shape index (κ2) is 9.82. The van der Waals surface area contributed by atoms with Gasteiger partial charge in [0.25, 0.3) is 0 Å². The first kappa shape index (κ1) is 27.3. The van der Waals surface area contributed by atoms with Crippen LogP contribution in [0.2, 0.25) is 0 Å². The molecule has 0 unspecified atom stereocenters. The minimum atomic E-state index is -0.460. The number of para-hydroxylation sites is 3. The monoisotopic (exact) mass is 615 g/mol. The van der Waals surface area contributed by atoms with Gasteiger partial charge in [0.15, 0.2) is 5.58 Å². The average Bonchev–Trinajstić information content (AvgIpc) is 3.67. The summed E-state index contributed by atoms with van der Waals surface area (Å²) in [4.78, 5) is 2.41. The highest BCUT2D eigenvalue weighted by atomic mass is 16.3. The summed E-state index contributed by atoms with van der Waals surface area (Å²) in [6, 6.07) is 59.8. The Kier molecular flexibility index (Phi) is 5.58. The Morgan fingerprint density at radius 3 is 1.73 bits per heavy atom. The summed E-state index contributed by atoms with van der Waals surface area (Å²) in [5, 5.41) is 2.24. The predicted molar refractivity (Wildman–Crippen MR) is 198 cm³/mol. The van der Waals surface area contributed by atoms with Gasteiger partial charge in [0.2, 0.25) is 0 Å². The van der Waals surface area contributed by atoms with E-state index < -0.39 is 5.41 Å². The van der Waals surface area contributed by atoms with E-state index in [2.05, 4.69) is 176 Å². The molecule has 0 saturated heterocycles. The fraction of sp³-hybridized carbons (Fsp3) is 0.0870. The Hall–Kier alpha value is -5.86. The van der Waals surface area contributed by atoms with Crippen molar-refractivity contribution in [1.29, 1.82) is 0 Å². The van der Waals surface area contributed by atoms with Crippen LogP contribution in [0.25, 0.3) is 33.1 Å². The summed E-state index contributed by atoms with van der Waals surface area (Å²) in [5.74, 6) is 0. The van der Waals surface area contributed by atoms with Gasteiger partial charge in [-0.05, 0) is 69.3 Å². The number of nitrogens with zero attached hydrogens (tertiary/aromatic N) is 1. The highest BCUT2D eigenvalue weighted by molar-refractivity contribution is 6.11. The van der Waals surface area contributed by atoms with Crippen LogP contribution in [0.3, 0.4) is 0 Å². The fourth-order valence-corrected chi connectivity index (χ4v) is 8.97. The Labute approximate surface area is 280 Å². The Morgan fingerprint density at radius 1 is 0.438 bits per heavy atom. The molecule has 0 aliphatic heterocycles. The first-order chi connectivity index (χ1) is 23.6. The zero-order chi connectivity index (χ0) is 32.0. The van der Waals surface area contributed by atoms with Crippen molar-refractivity contribution in [2.45, 2.75) is 24.7 Å². The number of hydrogen-bond acceptors (Lipinski definition) is 2. The fourth-order valence-electron chi connectivity index (χ4n) is 8.97. The topological polar surface area (TPSA) is 16.4 Å². The van der Waals surface area contributed by atoms with Crippen LogP contribution in [0.4, 0.5) is 17.1 Å². The summed E-state index contributed by atoms with van der Waals surface area (Å²) in [7, 11) is 0. The third-order valence-electron chi connectivity index (χ3n) is 10.9. The molecule has 0 N–H and O–H groups in total. The number of rotatable bonds is 3. The van der Waals surface area contributed by atoms with Crippen molar-refractivity contribution in [1.82, 2.24) is 0 Å². The molecule has 1 aromatic heterocycles. The predicted octanol–water partition coefficient (Wildman–Crippen LogP) is 12.1. The van der Waals surface area contributed by atoms with Crippen LogP contribution < -0.4 is 4.90 Å². The molecule has 8 aromatic rings. The van der Waals surface area contributed by atoms with Gasteiger partial charge >= 0.3 is 0 Å². The van der Waals surface area contributed by atoms with E-state index in [0.29, 0.717) is 0 Å². The molecule has 1 heterocycles. The Bertz CT molecular complexity index is 2500. The number of benzene rings is 7. The van der Waals surface area contributed by atoms with Crippen molar-refractivity contribution in [3.05, 3.63) is 197 Å². The van der Waals surface area contributed by atoms with Crippen molar-refractivity contribution in [3.63, 3.8) is 0 Å². The van der Waals surface area contributed by atoms with Crippen LogP contribution in [-0.2, 0) is 10.8 Å². The molecular weight excluding hydrogens is 583 g/mol. The van der Waals surface area contributed by atoms with E-state index in [1.807, 2.05) is 6.07 Å². The van der Waals surface area contributed by atoms with Crippen molar-refractivity contribution in [2.24, 2.45) is 0 Å². The lowest BCUT2D eigenvalue weighted by atomic mass is 9.55. The SMILES string of the molecule is CC1(C)c2ccccc2C2(c3ccccc3-c3c(N(c4ccccc4)c4cccc5c4oc4ccccc45)cccc32)c2ccccc21. The summed E-state index contributed by atoms with van der Waals surface area (Å²) in [5.41, 5.74) is 15.1. The largest absolute Gasteiger partial charge is 0.454 e. The van der Waals surface area contributed by atoms with Gasteiger partial charge in [0.05, 0.1) is 16.8 Å². The smallest absolute Gasteiger partial charge is 0.159 e.